The monoisotopic (exact) mass is 258 g/mol. The second-order valence-corrected chi connectivity index (χ2v) is 5.96. The number of hydrogen-bond donors (Lipinski definition) is 1. The number of hydrogen-bond acceptors (Lipinski definition) is 3. The zero-order valence-corrected chi connectivity index (χ0v) is 11.3. The van der Waals surface area contributed by atoms with Gasteiger partial charge in [0, 0.05) is 23.3 Å². The standard InChI is InChI=1S/C12H19ClN2S/c1-14-6-10-3-2-4-15(7-10)8-12-5-11(13)9-16-12/h5,9-10,14H,2-4,6-8H2,1H3. The van der Waals surface area contributed by atoms with Crippen molar-refractivity contribution in [2.75, 3.05) is 26.7 Å². The van der Waals surface area contributed by atoms with Crippen LogP contribution in [-0.4, -0.2) is 31.6 Å². The van der Waals surface area contributed by atoms with Crippen LogP contribution in [0.25, 0.3) is 0 Å². The SMILES string of the molecule is CNCC1CCCN(Cc2cc(Cl)cs2)C1. The Hall–Kier alpha value is -0.0900. The molecule has 0 aliphatic carbocycles. The maximum Gasteiger partial charge on any atom is 0.0516 e. The van der Waals surface area contributed by atoms with E-state index >= 15 is 0 Å². The molecule has 1 atom stereocenters. The Bertz CT molecular complexity index is 325. The number of nitrogens with zero attached hydrogens (tertiary/aromatic N) is 1. The first kappa shape index (κ1) is 12.4. The van der Waals surface area contributed by atoms with Gasteiger partial charge in [-0.25, -0.2) is 0 Å². The van der Waals surface area contributed by atoms with Gasteiger partial charge in [0.25, 0.3) is 0 Å². The van der Waals surface area contributed by atoms with E-state index < -0.39 is 0 Å². The van der Waals surface area contributed by atoms with Crippen LogP contribution in [0.4, 0.5) is 0 Å². The summed E-state index contributed by atoms with van der Waals surface area (Å²) in [7, 11) is 2.04. The van der Waals surface area contributed by atoms with E-state index in [1.165, 1.54) is 30.8 Å². The molecule has 0 amide bonds. The van der Waals surface area contributed by atoms with Crippen LogP contribution in [0.2, 0.25) is 5.02 Å². The van der Waals surface area contributed by atoms with E-state index in [1.807, 2.05) is 12.4 Å². The summed E-state index contributed by atoms with van der Waals surface area (Å²) in [4.78, 5) is 3.93. The van der Waals surface area contributed by atoms with Crippen molar-refractivity contribution in [2.24, 2.45) is 5.92 Å². The van der Waals surface area contributed by atoms with Gasteiger partial charge in [0.15, 0.2) is 0 Å². The van der Waals surface area contributed by atoms with Crippen LogP contribution in [0.3, 0.4) is 0 Å². The Kier molecular flexibility index (Phi) is 4.65. The van der Waals surface area contributed by atoms with Crippen molar-refractivity contribution in [3.8, 4) is 0 Å². The molecule has 0 saturated carbocycles. The van der Waals surface area contributed by atoms with Gasteiger partial charge in [-0.2, -0.15) is 0 Å². The largest absolute Gasteiger partial charge is 0.319 e. The molecule has 90 valence electrons. The van der Waals surface area contributed by atoms with E-state index in [0.29, 0.717) is 0 Å². The van der Waals surface area contributed by atoms with Crippen molar-refractivity contribution in [3.63, 3.8) is 0 Å². The van der Waals surface area contributed by atoms with E-state index in [1.54, 1.807) is 11.3 Å². The topological polar surface area (TPSA) is 15.3 Å². The zero-order valence-electron chi connectivity index (χ0n) is 9.71. The summed E-state index contributed by atoms with van der Waals surface area (Å²) in [5.41, 5.74) is 0. The third-order valence-corrected chi connectivity index (χ3v) is 4.37. The molecule has 1 N–H and O–H groups in total. The van der Waals surface area contributed by atoms with Crippen molar-refractivity contribution in [1.29, 1.82) is 0 Å². The summed E-state index contributed by atoms with van der Waals surface area (Å²) in [6.07, 6.45) is 2.69. The first-order chi connectivity index (χ1) is 7.78. The van der Waals surface area contributed by atoms with Crippen LogP contribution in [-0.2, 0) is 6.54 Å². The summed E-state index contributed by atoms with van der Waals surface area (Å²) in [5, 5.41) is 6.18. The maximum absolute atomic E-state index is 5.94. The molecule has 0 aromatic carbocycles. The molecule has 4 heteroatoms. The Balaban J connectivity index is 1.85. The fourth-order valence-corrected chi connectivity index (χ4v) is 3.52. The lowest BCUT2D eigenvalue weighted by atomic mass is 9.98. The summed E-state index contributed by atoms with van der Waals surface area (Å²) >= 11 is 7.71. The number of halogens is 1. The summed E-state index contributed by atoms with van der Waals surface area (Å²) in [5.74, 6) is 0.814. The van der Waals surface area contributed by atoms with E-state index in [0.717, 1.165) is 24.0 Å². The molecule has 1 aromatic heterocycles. The van der Waals surface area contributed by atoms with Crippen molar-refractivity contribution >= 4 is 22.9 Å². The Labute approximate surface area is 107 Å². The lowest BCUT2D eigenvalue weighted by Gasteiger charge is -2.32. The predicted molar refractivity (Wildman–Crippen MR) is 71.3 cm³/mol. The number of thiophene rings is 1. The van der Waals surface area contributed by atoms with Crippen molar-refractivity contribution in [3.05, 3.63) is 21.3 Å². The molecule has 2 heterocycles. The van der Waals surface area contributed by atoms with Gasteiger partial charge in [-0.15, -0.1) is 11.3 Å². The first-order valence-corrected chi connectivity index (χ1v) is 7.13. The van der Waals surface area contributed by atoms with Crippen LogP contribution >= 0.6 is 22.9 Å². The second kappa shape index (κ2) is 6.01. The van der Waals surface area contributed by atoms with Gasteiger partial charge in [0.1, 0.15) is 0 Å². The lowest BCUT2D eigenvalue weighted by Crippen LogP contribution is -2.38. The number of piperidine rings is 1. The highest BCUT2D eigenvalue weighted by Gasteiger charge is 2.19. The molecule has 0 spiro atoms. The van der Waals surface area contributed by atoms with Crippen LogP contribution in [0.15, 0.2) is 11.4 Å². The van der Waals surface area contributed by atoms with E-state index in [2.05, 4.69) is 16.3 Å². The molecule has 2 rings (SSSR count). The Morgan fingerprint density at radius 2 is 2.50 bits per heavy atom. The van der Waals surface area contributed by atoms with Gasteiger partial charge in [0.2, 0.25) is 0 Å². The normalized spacial score (nSPS) is 22.5. The highest BCUT2D eigenvalue weighted by molar-refractivity contribution is 7.10. The average molecular weight is 259 g/mol. The van der Waals surface area contributed by atoms with Crippen LogP contribution in [0.5, 0.6) is 0 Å². The number of rotatable bonds is 4. The van der Waals surface area contributed by atoms with Crippen molar-refractivity contribution in [2.45, 2.75) is 19.4 Å². The third kappa shape index (κ3) is 3.45. The molecule has 2 nitrogen and oxygen atoms in total. The fourth-order valence-electron chi connectivity index (χ4n) is 2.41. The Morgan fingerprint density at radius 1 is 1.62 bits per heavy atom. The highest BCUT2D eigenvalue weighted by atomic mass is 35.5. The third-order valence-electron chi connectivity index (χ3n) is 3.10. The minimum Gasteiger partial charge on any atom is -0.319 e. The number of likely N-dealkylation sites (tertiary alicyclic amines) is 1. The van der Waals surface area contributed by atoms with Gasteiger partial charge in [-0.1, -0.05) is 11.6 Å². The molecule has 1 aromatic rings. The average Bonchev–Trinajstić information content (AvgIpc) is 2.65. The van der Waals surface area contributed by atoms with E-state index in [9.17, 15) is 0 Å². The molecule has 1 saturated heterocycles. The van der Waals surface area contributed by atoms with Crippen LogP contribution in [0.1, 0.15) is 17.7 Å². The molecular weight excluding hydrogens is 240 g/mol. The minimum atomic E-state index is 0.814. The van der Waals surface area contributed by atoms with Crippen LogP contribution in [0, 0.1) is 5.92 Å². The molecule has 0 bridgehead atoms. The summed E-state index contributed by atoms with van der Waals surface area (Å²) < 4.78 is 0. The second-order valence-electron chi connectivity index (χ2n) is 4.53. The van der Waals surface area contributed by atoms with Gasteiger partial charge in [-0.3, -0.25) is 4.90 Å². The lowest BCUT2D eigenvalue weighted by molar-refractivity contribution is 0.168. The molecular formula is C12H19ClN2S. The molecule has 16 heavy (non-hydrogen) atoms. The smallest absolute Gasteiger partial charge is 0.0516 e. The molecule has 1 fully saturated rings. The summed E-state index contributed by atoms with van der Waals surface area (Å²) in [6, 6.07) is 2.09. The molecule has 1 unspecified atom stereocenters. The van der Waals surface area contributed by atoms with E-state index in [-0.39, 0.29) is 0 Å². The quantitative estimate of drug-likeness (QED) is 0.894. The maximum atomic E-state index is 5.94. The zero-order chi connectivity index (χ0) is 11.4. The predicted octanol–water partition coefficient (Wildman–Crippen LogP) is 2.83. The summed E-state index contributed by atoms with van der Waals surface area (Å²) in [6.45, 7) is 4.66. The first-order valence-electron chi connectivity index (χ1n) is 5.88. The molecule has 1 aliphatic rings. The molecule has 1 aliphatic heterocycles. The van der Waals surface area contributed by atoms with Gasteiger partial charge in [-0.05, 0) is 45.0 Å². The van der Waals surface area contributed by atoms with Crippen molar-refractivity contribution in [1.82, 2.24) is 10.2 Å². The Morgan fingerprint density at radius 3 is 3.19 bits per heavy atom. The fraction of sp³-hybridized carbons (Fsp3) is 0.667. The van der Waals surface area contributed by atoms with Gasteiger partial charge < -0.3 is 5.32 Å². The minimum absolute atomic E-state index is 0.814. The molecule has 0 radical (unpaired) electrons. The van der Waals surface area contributed by atoms with E-state index in [4.69, 9.17) is 11.6 Å². The van der Waals surface area contributed by atoms with Gasteiger partial charge in [0.05, 0.1) is 5.02 Å². The van der Waals surface area contributed by atoms with Gasteiger partial charge >= 0.3 is 0 Å². The number of nitrogens with one attached hydrogen (secondary N) is 1. The highest BCUT2D eigenvalue weighted by Crippen LogP contribution is 2.23. The van der Waals surface area contributed by atoms with Crippen LogP contribution < -0.4 is 5.32 Å². The van der Waals surface area contributed by atoms with Crippen molar-refractivity contribution < 1.29 is 0 Å².